The first-order valence-electron chi connectivity index (χ1n) is 13.6. The van der Waals surface area contributed by atoms with Crippen LogP contribution in [0.4, 0.5) is 4.79 Å². The number of esters is 1. The van der Waals surface area contributed by atoms with Crippen LogP contribution >= 0.6 is 23.2 Å². The molecule has 0 saturated heterocycles. The molecule has 44 heavy (non-hydrogen) atoms. The molecule has 4 rings (SSSR count). The van der Waals surface area contributed by atoms with Crippen molar-refractivity contribution in [1.82, 2.24) is 16.1 Å². The fourth-order valence-corrected chi connectivity index (χ4v) is 4.62. The molecule has 0 spiro atoms. The second kappa shape index (κ2) is 15.3. The van der Waals surface area contributed by atoms with Crippen molar-refractivity contribution in [1.29, 1.82) is 0 Å². The van der Waals surface area contributed by atoms with Crippen molar-refractivity contribution in [3.05, 3.63) is 98.7 Å². The van der Waals surface area contributed by atoms with Crippen molar-refractivity contribution in [2.45, 2.75) is 32.7 Å². The number of carbonyl (C=O) groups excluding carboxylic acids is 2. The summed E-state index contributed by atoms with van der Waals surface area (Å²) in [5.41, 5.74) is 5.48. The third-order valence-corrected chi connectivity index (χ3v) is 7.10. The number of rotatable bonds is 13. The number of amides is 2. The quantitative estimate of drug-likeness (QED) is 0.0875. The number of aliphatic hydroxyl groups is 1. The van der Waals surface area contributed by atoms with Gasteiger partial charge < -0.3 is 34.7 Å². The van der Waals surface area contributed by atoms with Gasteiger partial charge >= 0.3 is 12.0 Å². The summed E-state index contributed by atoms with van der Waals surface area (Å²) in [4.78, 5) is 24.6. The van der Waals surface area contributed by atoms with Crippen molar-refractivity contribution < 1.29 is 33.6 Å². The first-order chi connectivity index (χ1) is 21.2. The van der Waals surface area contributed by atoms with Crippen LogP contribution in [0.5, 0.6) is 17.2 Å². The monoisotopic (exact) mass is 642 g/mol. The number of halogens is 2. The van der Waals surface area contributed by atoms with Gasteiger partial charge in [0.1, 0.15) is 19.0 Å². The fourth-order valence-electron chi connectivity index (χ4n) is 4.30. The summed E-state index contributed by atoms with van der Waals surface area (Å²) in [6, 6.07) is 16.4. The largest absolute Gasteiger partial charge is 0.490 e. The number of hydrazone groups is 1. The standard InChI is InChI=1S/C31H32Cl2N4O7/c1-4-42-26-14-21(29-28(30(39)41-3)18(2)35-31(40)36-29)9-11-25(26)44-17-27(38)37-34-15-19-6-5-7-22(12-19)43-16-20-8-10-23(32)24(33)13-20/h5-15,27,29,37-38H,4,16-17H2,1-3H3,(H2,35,36,40)/b34-15-/t27-,29+/m0/s1. The van der Waals surface area contributed by atoms with Gasteiger partial charge in [-0.05, 0) is 66.9 Å². The Hall–Kier alpha value is -4.45. The Morgan fingerprint density at radius 3 is 2.64 bits per heavy atom. The minimum absolute atomic E-state index is 0.153. The molecule has 3 aromatic carbocycles. The van der Waals surface area contributed by atoms with Crippen molar-refractivity contribution in [2.24, 2.45) is 5.10 Å². The highest BCUT2D eigenvalue weighted by Gasteiger charge is 2.32. The van der Waals surface area contributed by atoms with Gasteiger partial charge in [0.15, 0.2) is 17.7 Å². The van der Waals surface area contributed by atoms with Crippen molar-refractivity contribution in [3.63, 3.8) is 0 Å². The molecule has 2 atom stereocenters. The highest BCUT2D eigenvalue weighted by atomic mass is 35.5. The number of hydrogen-bond acceptors (Lipinski definition) is 9. The van der Waals surface area contributed by atoms with Crippen LogP contribution in [0.3, 0.4) is 0 Å². The van der Waals surface area contributed by atoms with Gasteiger partial charge in [0.25, 0.3) is 0 Å². The van der Waals surface area contributed by atoms with E-state index in [0.29, 0.717) is 51.8 Å². The first kappa shape index (κ1) is 32.5. The molecule has 11 nitrogen and oxygen atoms in total. The van der Waals surface area contributed by atoms with E-state index in [4.69, 9.17) is 42.1 Å². The van der Waals surface area contributed by atoms with Crippen LogP contribution in [0.15, 0.2) is 77.0 Å². The van der Waals surface area contributed by atoms with Crippen LogP contribution in [0.25, 0.3) is 0 Å². The summed E-state index contributed by atoms with van der Waals surface area (Å²) in [7, 11) is 1.27. The van der Waals surface area contributed by atoms with Gasteiger partial charge in [0.2, 0.25) is 0 Å². The Kier molecular flexibility index (Phi) is 11.3. The Balaban J connectivity index is 1.35. The molecule has 0 bridgehead atoms. The molecule has 232 valence electrons. The average molecular weight is 644 g/mol. The van der Waals surface area contributed by atoms with Crippen LogP contribution in [0, 0.1) is 0 Å². The van der Waals surface area contributed by atoms with Crippen LogP contribution < -0.4 is 30.3 Å². The van der Waals surface area contributed by atoms with Crippen molar-refractivity contribution in [3.8, 4) is 17.2 Å². The maximum atomic E-state index is 12.4. The number of nitrogens with one attached hydrogen (secondary N) is 3. The van der Waals surface area contributed by atoms with Crippen LogP contribution in [-0.4, -0.2) is 49.9 Å². The lowest BCUT2D eigenvalue weighted by atomic mass is 9.95. The lowest BCUT2D eigenvalue weighted by Gasteiger charge is -2.28. The lowest BCUT2D eigenvalue weighted by molar-refractivity contribution is -0.136. The topological polar surface area (TPSA) is 140 Å². The highest BCUT2D eigenvalue weighted by Crippen LogP contribution is 2.35. The zero-order valence-electron chi connectivity index (χ0n) is 24.2. The minimum Gasteiger partial charge on any atom is -0.490 e. The predicted molar refractivity (Wildman–Crippen MR) is 166 cm³/mol. The number of nitrogens with zero attached hydrogens (tertiary/aromatic N) is 1. The average Bonchev–Trinajstić information content (AvgIpc) is 3.00. The summed E-state index contributed by atoms with van der Waals surface area (Å²) < 4.78 is 22.3. The SMILES string of the molecule is CCOc1cc([C@H]2NC(=O)NC(C)=C2C(=O)OC)ccc1OC[C@H](O)N/N=C\c1cccc(OCc2ccc(Cl)c(Cl)c2)c1. The van der Waals surface area contributed by atoms with E-state index in [-0.39, 0.29) is 12.2 Å². The molecule has 0 radical (unpaired) electrons. The molecule has 13 heteroatoms. The molecule has 1 heterocycles. The van der Waals surface area contributed by atoms with E-state index < -0.39 is 24.3 Å². The van der Waals surface area contributed by atoms with E-state index in [0.717, 1.165) is 11.1 Å². The normalized spacial score (nSPS) is 15.3. The van der Waals surface area contributed by atoms with Crippen molar-refractivity contribution in [2.75, 3.05) is 20.3 Å². The van der Waals surface area contributed by atoms with Gasteiger partial charge in [-0.25, -0.2) is 9.59 Å². The van der Waals surface area contributed by atoms with Gasteiger partial charge in [0.05, 0.1) is 41.6 Å². The molecule has 0 saturated carbocycles. The smallest absolute Gasteiger partial charge is 0.337 e. The number of urea groups is 1. The molecule has 0 fully saturated rings. The number of methoxy groups -OCH3 is 1. The highest BCUT2D eigenvalue weighted by molar-refractivity contribution is 6.42. The van der Waals surface area contributed by atoms with Gasteiger partial charge in [-0.2, -0.15) is 5.10 Å². The Bertz CT molecular complexity index is 1560. The van der Waals surface area contributed by atoms with Gasteiger partial charge in [0, 0.05) is 5.70 Å². The number of benzene rings is 3. The summed E-state index contributed by atoms with van der Waals surface area (Å²) in [5, 5.41) is 20.8. The lowest BCUT2D eigenvalue weighted by Crippen LogP contribution is -2.45. The van der Waals surface area contributed by atoms with Crippen LogP contribution in [0.1, 0.15) is 36.6 Å². The number of carbonyl (C=O) groups is 2. The molecule has 0 aliphatic carbocycles. The molecular formula is C31H32Cl2N4O7. The predicted octanol–water partition coefficient (Wildman–Crippen LogP) is 5.09. The third-order valence-electron chi connectivity index (χ3n) is 6.36. The molecule has 2 amide bonds. The van der Waals surface area contributed by atoms with E-state index in [1.54, 1.807) is 43.3 Å². The minimum atomic E-state index is -1.14. The molecule has 0 aromatic heterocycles. The third kappa shape index (κ3) is 8.56. The maximum Gasteiger partial charge on any atom is 0.337 e. The van der Waals surface area contributed by atoms with Crippen LogP contribution in [-0.2, 0) is 16.1 Å². The second-order valence-electron chi connectivity index (χ2n) is 9.52. The molecule has 0 unspecified atom stereocenters. The first-order valence-corrected chi connectivity index (χ1v) is 14.3. The Morgan fingerprint density at radius 1 is 1.07 bits per heavy atom. The van der Waals surface area contributed by atoms with Crippen molar-refractivity contribution >= 4 is 41.4 Å². The summed E-state index contributed by atoms with van der Waals surface area (Å²) in [6.45, 7) is 3.93. The number of hydrogen-bond donors (Lipinski definition) is 4. The van der Waals surface area contributed by atoms with Crippen LogP contribution in [0.2, 0.25) is 10.0 Å². The summed E-state index contributed by atoms with van der Waals surface area (Å²) in [6.07, 6.45) is 0.395. The van der Waals surface area contributed by atoms with Gasteiger partial charge in [-0.1, -0.05) is 47.5 Å². The number of ether oxygens (including phenoxy) is 4. The molecule has 1 aliphatic heterocycles. The molecule has 3 aromatic rings. The van der Waals surface area contributed by atoms with E-state index in [1.807, 2.05) is 31.2 Å². The molecule has 4 N–H and O–H groups in total. The zero-order valence-corrected chi connectivity index (χ0v) is 25.7. The number of allylic oxidation sites excluding steroid dienone is 1. The fraction of sp³-hybridized carbons (Fsp3) is 0.258. The second-order valence-corrected chi connectivity index (χ2v) is 10.3. The Morgan fingerprint density at radius 2 is 1.89 bits per heavy atom. The summed E-state index contributed by atoms with van der Waals surface area (Å²) in [5.74, 6) is 0.778. The van der Waals surface area contributed by atoms with E-state index in [2.05, 4.69) is 21.2 Å². The van der Waals surface area contributed by atoms with E-state index in [9.17, 15) is 14.7 Å². The van der Waals surface area contributed by atoms with Gasteiger partial charge in [-0.3, -0.25) is 5.43 Å². The van der Waals surface area contributed by atoms with Gasteiger partial charge in [-0.15, -0.1) is 0 Å². The molecule has 1 aliphatic rings. The Labute approximate surface area is 264 Å². The number of aliphatic hydroxyl groups excluding tert-OH is 1. The van der Waals surface area contributed by atoms with E-state index in [1.165, 1.54) is 13.3 Å². The van der Waals surface area contributed by atoms with E-state index >= 15 is 0 Å². The zero-order chi connectivity index (χ0) is 31.6. The maximum absolute atomic E-state index is 12.4. The summed E-state index contributed by atoms with van der Waals surface area (Å²) >= 11 is 12.0. The molecular weight excluding hydrogens is 611 g/mol.